The van der Waals surface area contributed by atoms with E-state index in [0.717, 1.165) is 36.2 Å². The molecule has 3 nitrogen and oxygen atoms in total. The van der Waals surface area contributed by atoms with Gasteiger partial charge in [-0.25, -0.2) is 0 Å². The van der Waals surface area contributed by atoms with Crippen molar-refractivity contribution in [3.05, 3.63) is 29.3 Å². The maximum Gasteiger partial charge on any atom is 0.251 e. The molecule has 0 spiro atoms. The van der Waals surface area contributed by atoms with Crippen molar-refractivity contribution in [3.63, 3.8) is 0 Å². The van der Waals surface area contributed by atoms with Gasteiger partial charge in [0.15, 0.2) is 0 Å². The van der Waals surface area contributed by atoms with Crippen molar-refractivity contribution in [1.29, 1.82) is 0 Å². The Morgan fingerprint density at radius 3 is 2.80 bits per heavy atom. The molecule has 0 radical (unpaired) electrons. The van der Waals surface area contributed by atoms with Crippen LogP contribution in [0.25, 0.3) is 0 Å². The van der Waals surface area contributed by atoms with Gasteiger partial charge in [-0.1, -0.05) is 0 Å². The summed E-state index contributed by atoms with van der Waals surface area (Å²) in [4.78, 5) is 12.3. The number of hydrogen-bond acceptors (Lipinski definition) is 3. The summed E-state index contributed by atoms with van der Waals surface area (Å²) in [5.41, 5.74) is 2.98. The van der Waals surface area contributed by atoms with Gasteiger partial charge in [-0.05, 0) is 63.1 Å². The summed E-state index contributed by atoms with van der Waals surface area (Å²) in [5.74, 6) is 0.0582. The maximum atomic E-state index is 12.3. The van der Waals surface area contributed by atoms with Crippen LogP contribution in [0.5, 0.6) is 0 Å². The van der Waals surface area contributed by atoms with Crippen LogP contribution in [0.4, 0.5) is 5.69 Å². The van der Waals surface area contributed by atoms with Gasteiger partial charge < -0.3 is 10.6 Å². The Bertz CT molecular complexity index is 476. The average molecular weight is 292 g/mol. The van der Waals surface area contributed by atoms with E-state index in [0.29, 0.717) is 11.3 Å². The molecule has 1 fully saturated rings. The smallest absolute Gasteiger partial charge is 0.251 e. The summed E-state index contributed by atoms with van der Waals surface area (Å²) in [6, 6.07) is 6.21. The van der Waals surface area contributed by atoms with Crippen molar-refractivity contribution >= 4 is 23.4 Å². The lowest BCUT2D eigenvalue weighted by atomic mass is 10.1. The Kier molecular flexibility index (Phi) is 5.35. The van der Waals surface area contributed by atoms with Crippen LogP contribution in [0.2, 0.25) is 0 Å². The van der Waals surface area contributed by atoms with Crippen LogP contribution < -0.4 is 10.6 Å². The van der Waals surface area contributed by atoms with Crippen LogP contribution in [0.1, 0.15) is 42.1 Å². The summed E-state index contributed by atoms with van der Waals surface area (Å²) in [6.07, 6.45) is 5.56. The standard InChI is InChI=1S/C16H24N2OS/c1-4-17-15-8-5-12(9-11(15)2)16(19)18-13-6-7-14(10-13)20-3/h5,8-9,13-14,17H,4,6-7,10H2,1-3H3,(H,18,19). The SMILES string of the molecule is CCNc1ccc(C(=O)NC2CCC(SC)C2)cc1C. The average Bonchev–Trinajstić information content (AvgIpc) is 2.89. The zero-order valence-electron chi connectivity index (χ0n) is 12.5. The van der Waals surface area contributed by atoms with Crippen molar-refractivity contribution < 1.29 is 4.79 Å². The van der Waals surface area contributed by atoms with Gasteiger partial charge in [-0.3, -0.25) is 4.79 Å². The van der Waals surface area contributed by atoms with Crippen molar-refractivity contribution in [2.24, 2.45) is 0 Å². The molecule has 0 saturated heterocycles. The highest BCUT2D eigenvalue weighted by Crippen LogP contribution is 2.28. The molecule has 0 heterocycles. The molecule has 1 aromatic carbocycles. The number of nitrogens with one attached hydrogen (secondary N) is 2. The van der Waals surface area contributed by atoms with Gasteiger partial charge >= 0.3 is 0 Å². The normalized spacial score (nSPS) is 21.8. The lowest BCUT2D eigenvalue weighted by Gasteiger charge is -2.14. The first-order valence-corrected chi connectivity index (χ1v) is 8.61. The van der Waals surface area contributed by atoms with Crippen LogP contribution in [0, 0.1) is 6.92 Å². The van der Waals surface area contributed by atoms with Crippen LogP contribution >= 0.6 is 11.8 Å². The molecule has 2 N–H and O–H groups in total. The van der Waals surface area contributed by atoms with E-state index in [1.807, 2.05) is 36.9 Å². The summed E-state index contributed by atoms with van der Waals surface area (Å²) in [7, 11) is 0. The quantitative estimate of drug-likeness (QED) is 0.873. The number of carbonyl (C=O) groups is 1. The molecule has 2 unspecified atom stereocenters. The van der Waals surface area contributed by atoms with E-state index in [4.69, 9.17) is 0 Å². The third kappa shape index (κ3) is 3.69. The van der Waals surface area contributed by atoms with E-state index < -0.39 is 0 Å². The summed E-state index contributed by atoms with van der Waals surface area (Å²) in [5, 5.41) is 7.17. The largest absolute Gasteiger partial charge is 0.385 e. The third-order valence-corrected chi connectivity index (χ3v) is 5.00. The second-order valence-corrected chi connectivity index (χ2v) is 6.54. The molecule has 1 amide bonds. The molecular formula is C16H24N2OS. The van der Waals surface area contributed by atoms with Crippen molar-refractivity contribution in [2.75, 3.05) is 18.1 Å². The fourth-order valence-corrected chi connectivity index (χ4v) is 3.54. The number of aryl methyl sites for hydroxylation is 1. The van der Waals surface area contributed by atoms with Crippen molar-refractivity contribution in [2.45, 2.75) is 44.4 Å². The van der Waals surface area contributed by atoms with Gasteiger partial charge in [0.05, 0.1) is 0 Å². The molecule has 4 heteroatoms. The minimum atomic E-state index is 0.0582. The first kappa shape index (κ1) is 15.2. The van der Waals surface area contributed by atoms with Gasteiger partial charge in [0, 0.05) is 29.1 Å². The van der Waals surface area contributed by atoms with E-state index in [1.165, 1.54) is 6.42 Å². The highest BCUT2D eigenvalue weighted by atomic mass is 32.2. The zero-order chi connectivity index (χ0) is 14.5. The Balaban J connectivity index is 1.97. The van der Waals surface area contributed by atoms with Gasteiger partial charge in [0.1, 0.15) is 0 Å². The van der Waals surface area contributed by atoms with Gasteiger partial charge in [0.2, 0.25) is 0 Å². The molecule has 1 aliphatic carbocycles. The van der Waals surface area contributed by atoms with E-state index in [-0.39, 0.29) is 5.91 Å². The molecule has 2 rings (SSSR count). The van der Waals surface area contributed by atoms with Crippen LogP contribution in [-0.2, 0) is 0 Å². The lowest BCUT2D eigenvalue weighted by Crippen LogP contribution is -2.33. The molecule has 1 saturated carbocycles. The minimum absolute atomic E-state index is 0.0582. The number of thioether (sulfide) groups is 1. The Hall–Kier alpha value is -1.16. The van der Waals surface area contributed by atoms with Crippen LogP contribution in [0.15, 0.2) is 18.2 Å². The highest BCUT2D eigenvalue weighted by Gasteiger charge is 2.25. The number of amides is 1. The molecule has 0 bridgehead atoms. The Morgan fingerprint density at radius 2 is 2.20 bits per heavy atom. The van der Waals surface area contributed by atoms with Gasteiger partial charge in [-0.15, -0.1) is 0 Å². The second kappa shape index (κ2) is 7.02. The Morgan fingerprint density at radius 1 is 1.40 bits per heavy atom. The Labute approximate surface area is 125 Å². The summed E-state index contributed by atoms with van der Waals surface area (Å²) in [6.45, 7) is 5.00. The van der Waals surface area contributed by atoms with Crippen molar-refractivity contribution in [3.8, 4) is 0 Å². The van der Waals surface area contributed by atoms with E-state index in [2.05, 4.69) is 23.8 Å². The maximum absolute atomic E-state index is 12.3. The summed E-state index contributed by atoms with van der Waals surface area (Å²) >= 11 is 1.91. The summed E-state index contributed by atoms with van der Waals surface area (Å²) < 4.78 is 0. The highest BCUT2D eigenvalue weighted by molar-refractivity contribution is 7.99. The topological polar surface area (TPSA) is 41.1 Å². The number of anilines is 1. The minimum Gasteiger partial charge on any atom is -0.385 e. The second-order valence-electron chi connectivity index (χ2n) is 5.40. The van der Waals surface area contributed by atoms with Gasteiger partial charge in [0.25, 0.3) is 5.91 Å². The molecule has 0 aliphatic heterocycles. The molecule has 20 heavy (non-hydrogen) atoms. The molecule has 2 atom stereocenters. The van der Waals surface area contributed by atoms with Crippen molar-refractivity contribution in [1.82, 2.24) is 5.32 Å². The zero-order valence-corrected chi connectivity index (χ0v) is 13.3. The number of hydrogen-bond donors (Lipinski definition) is 2. The molecule has 1 aliphatic rings. The predicted octanol–water partition coefficient (Wildman–Crippen LogP) is 3.44. The van der Waals surface area contributed by atoms with E-state index in [1.54, 1.807) is 0 Å². The molecule has 0 aromatic heterocycles. The van der Waals surface area contributed by atoms with Crippen LogP contribution in [0.3, 0.4) is 0 Å². The predicted molar refractivity (Wildman–Crippen MR) is 87.8 cm³/mol. The first-order chi connectivity index (χ1) is 9.63. The number of carbonyl (C=O) groups excluding carboxylic acids is 1. The number of rotatable bonds is 5. The third-order valence-electron chi connectivity index (χ3n) is 3.91. The first-order valence-electron chi connectivity index (χ1n) is 7.32. The molecule has 1 aromatic rings. The molecular weight excluding hydrogens is 268 g/mol. The fourth-order valence-electron chi connectivity index (χ4n) is 2.75. The molecule has 110 valence electrons. The monoisotopic (exact) mass is 292 g/mol. The van der Waals surface area contributed by atoms with Gasteiger partial charge in [-0.2, -0.15) is 11.8 Å². The fraction of sp³-hybridized carbons (Fsp3) is 0.562. The van der Waals surface area contributed by atoms with E-state index in [9.17, 15) is 4.79 Å². The van der Waals surface area contributed by atoms with E-state index >= 15 is 0 Å². The number of benzene rings is 1. The lowest BCUT2D eigenvalue weighted by molar-refractivity contribution is 0.0938. The van der Waals surface area contributed by atoms with Crippen LogP contribution in [-0.4, -0.2) is 30.0 Å².